The average Bonchev–Trinajstić information content (AvgIpc) is 2.95. The Morgan fingerprint density at radius 2 is 2.08 bits per heavy atom. The number of hydrogen-bond acceptors (Lipinski definition) is 4. The third kappa shape index (κ3) is 3.83. The van der Waals surface area contributed by atoms with Crippen LogP contribution in [0, 0.1) is 12.8 Å². The van der Waals surface area contributed by atoms with Crippen LogP contribution in [0.1, 0.15) is 65.8 Å². The van der Waals surface area contributed by atoms with E-state index in [-0.39, 0.29) is 5.91 Å². The van der Waals surface area contributed by atoms with Gasteiger partial charge in [-0.1, -0.05) is 19.8 Å². The summed E-state index contributed by atoms with van der Waals surface area (Å²) in [4.78, 5) is 23.3. The van der Waals surface area contributed by atoms with Crippen LogP contribution in [0.15, 0.2) is 0 Å². The maximum Gasteiger partial charge on any atom is 0.273 e. The molecule has 0 aliphatic carbocycles. The molecule has 2 aliphatic heterocycles. The molecular weight excluding hydrogens is 318 g/mol. The SMILES string of the molecule is CCCc1sc(C)nc1C(=O)N(C)C[C@@H]1CCCN2CCCC[C@H]12. The van der Waals surface area contributed by atoms with Gasteiger partial charge in [0, 0.05) is 24.5 Å². The molecule has 3 rings (SSSR count). The Balaban J connectivity index is 1.67. The first-order chi connectivity index (χ1) is 11.6. The summed E-state index contributed by atoms with van der Waals surface area (Å²) in [6, 6.07) is 0.690. The molecule has 0 aromatic carbocycles. The van der Waals surface area contributed by atoms with Crippen molar-refractivity contribution in [2.45, 2.75) is 64.8 Å². The maximum absolute atomic E-state index is 12.9. The first-order valence-electron chi connectivity index (χ1n) is 9.56. The van der Waals surface area contributed by atoms with Crippen molar-refractivity contribution in [3.63, 3.8) is 0 Å². The highest BCUT2D eigenvalue weighted by Crippen LogP contribution is 2.31. The topological polar surface area (TPSA) is 36.4 Å². The predicted molar refractivity (Wildman–Crippen MR) is 99.7 cm³/mol. The molecule has 0 saturated carbocycles. The highest BCUT2D eigenvalue weighted by atomic mass is 32.1. The summed E-state index contributed by atoms with van der Waals surface area (Å²) >= 11 is 1.68. The number of nitrogens with zero attached hydrogens (tertiary/aromatic N) is 3. The molecule has 0 unspecified atom stereocenters. The number of carbonyl (C=O) groups is 1. The average molecular weight is 350 g/mol. The Morgan fingerprint density at radius 3 is 2.88 bits per heavy atom. The van der Waals surface area contributed by atoms with Crippen LogP contribution in [0.2, 0.25) is 0 Å². The third-order valence-corrected chi connectivity index (χ3v) is 6.60. The van der Waals surface area contributed by atoms with Gasteiger partial charge >= 0.3 is 0 Å². The molecule has 4 nitrogen and oxygen atoms in total. The molecule has 3 heterocycles. The maximum atomic E-state index is 12.9. The monoisotopic (exact) mass is 349 g/mol. The molecule has 0 spiro atoms. The van der Waals surface area contributed by atoms with Crippen LogP contribution in [0.3, 0.4) is 0 Å². The minimum atomic E-state index is 0.121. The Bertz CT molecular complexity index is 569. The molecule has 0 radical (unpaired) electrons. The molecule has 1 aromatic heterocycles. The zero-order valence-corrected chi connectivity index (χ0v) is 16.2. The molecular formula is C19H31N3OS. The number of piperidine rings is 2. The summed E-state index contributed by atoms with van der Waals surface area (Å²) in [5.74, 6) is 0.748. The summed E-state index contributed by atoms with van der Waals surface area (Å²) in [6.07, 6.45) is 8.56. The van der Waals surface area contributed by atoms with Crippen LogP contribution in [0.25, 0.3) is 0 Å². The number of hydrogen-bond donors (Lipinski definition) is 0. The lowest BCUT2D eigenvalue weighted by molar-refractivity contribution is 0.0401. The molecule has 2 atom stereocenters. The van der Waals surface area contributed by atoms with Crippen LogP contribution in [0.5, 0.6) is 0 Å². The number of rotatable bonds is 5. The number of thiazole rings is 1. The van der Waals surface area contributed by atoms with E-state index >= 15 is 0 Å². The predicted octanol–water partition coefficient (Wildman–Crippen LogP) is 3.74. The fourth-order valence-corrected chi connectivity index (χ4v) is 5.47. The first kappa shape index (κ1) is 17.9. The van der Waals surface area contributed by atoms with Gasteiger partial charge in [0.15, 0.2) is 0 Å². The van der Waals surface area contributed by atoms with Crippen LogP contribution in [0.4, 0.5) is 0 Å². The summed E-state index contributed by atoms with van der Waals surface area (Å²) in [5, 5.41) is 1.01. The lowest BCUT2D eigenvalue weighted by Crippen LogP contribution is -2.51. The third-order valence-electron chi connectivity index (χ3n) is 5.57. The Morgan fingerprint density at radius 1 is 1.29 bits per heavy atom. The van der Waals surface area contributed by atoms with E-state index in [4.69, 9.17) is 0 Å². The van der Waals surface area contributed by atoms with Crippen molar-refractivity contribution in [3.05, 3.63) is 15.6 Å². The Kier molecular flexibility index (Phi) is 5.93. The van der Waals surface area contributed by atoms with Crippen LogP contribution in [-0.2, 0) is 6.42 Å². The highest BCUT2D eigenvalue weighted by molar-refractivity contribution is 7.11. The molecule has 0 bridgehead atoms. The van der Waals surface area contributed by atoms with E-state index in [1.165, 1.54) is 45.2 Å². The van der Waals surface area contributed by atoms with E-state index in [1.807, 2.05) is 18.9 Å². The van der Waals surface area contributed by atoms with Gasteiger partial charge in [-0.3, -0.25) is 4.79 Å². The van der Waals surface area contributed by atoms with E-state index < -0.39 is 0 Å². The number of aromatic nitrogens is 1. The number of fused-ring (bicyclic) bond motifs is 1. The summed E-state index contributed by atoms with van der Waals surface area (Å²) < 4.78 is 0. The van der Waals surface area contributed by atoms with Crippen LogP contribution < -0.4 is 0 Å². The largest absolute Gasteiger partial charge is 0.340 e. The van der Waals surface area contributed by atoms with Gasteiger partial charge < -0.3 is 9.80 Å². The second-order valence-electron chi connectivity index (χ2n) is 7.44. The zero-order valence-electron chi connectivity index (χ0n) is 15.4. The Labute approximate surface area is 150 Å². The van der Waals surface area contributed by atoms with Gasteiger partial charge in [-0.15, -0.1) is 11.3 Å². The van der Waals surface area contributed by atoms with Gasteiger partial charge in [-0.2, -0.15) is 0 Å². The summed E-state index contributed by atoms with van der Waals surface area (Å²) in [6.45, 7) is 7.55. The molecule has 2 aliphatic rings. The van der Waals surface area contributed by atoms with Gasteiger partial charge in [0.05, 0.1) is 5.01 Å². The smallest absolute Gasteiger partial charge is 0.273 e. The van der Waals surface area contributed by atoms with E-state index in [9.17, 15) is 4.79 Å². The fraction of sp³-hybridized carbons (Fsp3) is 0.789. The standard InChI is InChI=1S/C19H31N3OS/c1-4-8-17-18(20-14(2)24-17)19(23)21(3)13-15-9-7-12-22-11-6-5-10-16(15)22/h15-16H,4-13H2,1-3H3/t15-,16+/m0/s1. The molecule has 1 amide bonds. The van der Waals surface area contributed by atoms with Crippen molar-refractivity contribution >= 4 is 17.2 Å². The van der Waals surface area contributed by atoms with Gasteiger partial charge in [-0.05, 0) is 58.0 Å². The zero-order chi connectivity index (χ0) is 17.1. The molecule has 2 saturated heterocycles. The number of amides is 1. The fourth-order valence-electron chi connectivity index (χ4n) is 4.44. The lowest BCUT2D eigenvalue weighted by Gasteiger charge is -2.45. The van der Waals surface area contributed by atoms with Crippen molar-refractivity contribution in [1.82, 2.24) is 14.8 Å². The van der Waals surface area contributed by atoms with Crippen molar-refractivity contribution in [1.29, 1.82) is 0 Å². The van der Waals surface area contributed by atoms with Crippen molar-refractivity contribution in [3.8, 4) is 0 Å². The van der Waals surface area contributed by atoms with Gasteiger partial charge in [-0.25, -0.2) is 4.98 Å². The van der Waals surface area contributed by atoms with Crippen molar-refractivity contribution in [2.24, 2.45) is 5.92 Å². The lowest BCUT2D eigenvalue weighted by atomic mass is 9.83. The number of aryl methyl sites for hydroxylation is 2. The van der Waals surface area contributed by atoms with E-state index in [2.05, 4.69) is 16.8 Å². The van der Waals surface area contributed by atoms with E-state index in [1.54, 1.807) is 11.3 Å². The quantitative estimate of drug-likeness (QED) is 0.812. The second-order valence-corrected chi connectivity index (χ2v) is 8.73. The molecule has 134 valence electrons. The van der Waals surface area contributed by atoms with Crippen LogP contribution >= 0.6 is 11.3 Å². The van der Waals surface area contributed by atoms with Gasteiger partial charge in [0.25, 0.3) is 5.91 Å². The molecule has 24 heavy (non-hydrogen) atoms. The van der Waals surface area contributed by atoms with Crippen molar-refractivity contribution in [2.75, 3.05) is 26.7 Å². The van der Waals surface area contributed by atoms with E-state index in [0.717, 1.165) is 29.3 Å². The second kappa shape index (κ2) is 7.96. The normalized spacial score (nSPS) is 24.6. The summed E-state index contributed by atoms with van der Waals surface area (Å²) in [5.41, 5.74) is 0.707. The first-order valence-corrected chi connectivity index (χ1v) is 10.4. The molecule has 5 heteroatoms. The number of carbonyl (C=O) groups excluding carboxylic acids is 1. The minimum absolute atomic E-state index is 0.121. The Hall–Kier alpha value is -0.940. The summed E-state index contributed by atoms with van der Waals surface area (Å²) in [7, 11) is 1.97. The molecule has 1 aromatic rings. The molecule has 2 fully saturated rings. The van der Waals surface area contributed by atoms with Crippen LogP contribution in [-0.4, -0.2) is 53.4 Å². The van der Waals surface area contributed by atoms with Gasteiger partial charge in [0.1, 0.15) is 5.69 Å². The highest BCUT2D eigenvalue weighted by Gasteiger charge is 2.34. The van der Waals surface area contributed by atoms with Crippen molar-refractivity contribution < 1.29 is 4.79 Å². The van der Waals surface area contributed by atoms with Gasteiger partial charge in [0.2, 0.25) is 0 Å². The van der Waals surface area contributed by atoms with E-state index in [0.29, 0.717) is 17.7 Å². The molecule has 0 N–H and O–H groups in total. The minimum Gasteiger partial charge on any atom is -0.340 e.